The van der Waals surface area contributed by atoms with Gasteiger partial charge >= 0.3 is 6.03 Å². The largest absolute Gasteiger partial charge is 0.323 e. The summed E-state index contributed by atoms with van der Waals surface area (Å²) in [6.07, 6.45) is 8.87. The number of anilines is 2. The van der Waals surface area contributed by atoms with E-state index < -0.39 is 12.0 Å². The van der Waals surface area contributed by atoms with Crippen LogP contribution in [0.2, 0.25) is 0 Å². The molecule has 0 bridgehead atoms. The lowest BCUT2D eigenvalue weighted by Gasteiger charge is -2.16. The molecule has 0 fully saturated rings. The van der Waals surface area contributed by atoms with Crippen LogP contribution in [0.3, 0.4) is 0 Å². The Morgan fingerprint density at radius 2 is 1.79 bits per heavy atom. The topological polar surface area (TPSA) is 54.0 Å². The average Bonchev–Trinajstić information content (AvgIpc) is 2.77. The Labute approximate surface area is 191 Å². The first-order valence-electron chi connectivity index (χ1n) is 10.6. The quantitative estimate of drug-likeness (QED) is 0.458. The normalized spacial score (nSPS) is 14.6. The maximum absolute atomic E-state index is 13.5. The predicted molar refractivity (Wildman–Crippen MR) is 127 cm³/mol. The lowest BCUT2D eigenvalue weighted by atomic mass is 9.90. The van der Waals surface area contributed by atoms with E-state index in [4.69, 9.17) is 0 Å². The molecule has 2 aromatic carbocycles. The zero-order chi connectivity index (χ0) is 23.4. The lowest BCUT2D eigenvalue weighted by Crippen LogP contribution is -2.20. The smallest absolute Gasteiger partial charge is 0.308 e. The number of nitrogens with one attached hydrogen (secondary N) is 2. The van der Waals surface area contributed by atoms with Crippen LogP contribution >= 0.6 is 0 Å². The number of aromatic nitrogens is 1. The summed E-state index contributed by atoms with van der Waals surface area (Å²) >= 11 is 0. The van der Waals surface area contributed by atoms with Crippen molar-refractivity contribution >= 4 is 23.5 Å². The van der Waals surface area contributed by atoms with Crippen molar-refractivity contribution in [2.24, 2.45) is 5.92 Å². The zero-order valence-corrected chi connectivity index (χ0v) is 18.3. The van der Waals surface area contributed by atoms with E-state index in [0.717, 1.165) is 30.0 Å². The van der Waals surface area contributed by atoms with Crippen molar-refractivity contribution in [1.29, 1.82) is 0 Å². The molecule has 4 rings (SSSR count). The molecule has 0 saturated heterocycles. The molecule has 2 N–H and O–H groups in total. The number of fused-ring (bicyclic) bond motifs is 1. The molecule has 6 heteroatoms. The minimum absolute atomic E-state index is 0.167. The van der Waals surface area contributed by atoms with Gasteiger partial charge in [0.15, 0.2) is 0 Å². The van der Waals surface area contributed by atoms with E-state index in [1.807, 2.05) is 12.3 Å². The van der Waals surface area contributed by atoms with Gasteiger partial charge in [0, 0.05) is 41.8 Å². The Kier molecular flexibility index (Phi) is 6.23. The summed E-state index contributed by atoms with van der Waals surface area (Å²) in [5, 5.41) is 5.30. The molecule has 4 nitrogen and oxygen atoms in total. The third-order valence-corrected chi connectivity index (χ3v) is 5.29. The summed E-state index contributed by atoms with van der Waals surface area (Å²) < 4.78 is 27.0. The van der Waals surface area contributed by atoms with Gasteiger partial charge in [-0.05, 0) is 53.8 Å². The fourth-order valence-electron chi connectivity index (χ4n) is 3.63. The minimum Gasteiger partial charge on any atom is -0.308 e. The van der Waals surface area contributed by atoms with Crippen LogP contribution < -0.4 is 10.6 Å². The predicted octanol–water partition coefficient (Wildman–Crippen LogP) is 6.44. The minimum atomic E-state index is -2.98. The number of pyridine rings is 1. The first-order valence-corrected chi connectivity index (χ1v) is 10.6. The second-order valence-corrected chi connectivity index (χ2v) is 8.18. The van der Waals surface area contributed by atoms with E-state index in [9.17, 15) is 13.6 Å². The van der Waals surface area contributed by atoms with Gasteiger partial charge in [-0.25, -0.2) is 13.6 Å². The zero-order valence-electron chi connectivity index (χ0n) is 18.3. The van der Waals surface area contributed by atoms with Crippen molar-refractivity contribution in [3.8, 4) is 11.8 Å². The molecule has 0 aliphatic heterocycles. The van der Waals surface area contributed by atoms with Gasteiger partial charge in [-0.1, -0.05) is 49.1 Å². The first-order chi connectivity index (χ1) is 15.8. The Balaban J connectivity index is 1.47. The van der Waals surface area contributed by atoms with Gasteiger partial charge in [0.1, 0.15) is 0 Å². The number of urea groups is 1. The van der Waals surface area contributed by atoms with E-state index >= 15 is 0 Å². The van der Waals surface area contributed by atoms with Gasteiger partial charge in [0.05, 0.1) is 5.56 Å². The Morgan fingerprint density at radius 3 is 2.55 bits per heavy atom. The number of carbonyl (C=O) groups excluding carboxylic acids is 1. The molecule has 0 saturated carbocycles. The molecule has 1 heterocycles. The standard InChI is InChI=1S/C27H23F2N3O/c1-18-9-12-25-20(16-30-17-21(25)13-18)11-10-19-5-3-7-23(14-19)31-26(33)32-24-8-4-6-22(15-24)27(2,28)29/h3-9,12,14-18H,13H2,1-2H3,(H2,31,32,33). The molecule has 3 aromatic rings. The highest BCUT2D eigenvalue weighted by Crippen LogP contribution is 2.28. The fraction of sp³-hybridized carbons (Fsp3) is 0.185. The van der Waals surface area contributed by atoms with Crippen LogP contribution in [-0.2, 0) is 12.3 Å². The van der Waals surface area contributed by atoms with Crippen molar-refractivity contribution < 1.29 is 13.6 Å². The summed E-state index contributed by atoms with van der Waals surface area (Å²) in [5.74, 6) is 3.81. The highest BCUT2D eigenvalue weighted by Gasteiger charge is 2.24. The molecule has 2 amide bonds. The number of hydrogen-bond acceptors (Lipinski definition) is 2. The van der Waals surface area contributed by atoms with Crippen molar-refractivity contribution in [3.63, 3.8) is 0 Å². The molecular formula is C27H23F2N3O. The molecule has 1 aliphatic carbocycles. The van der Waals surface area contributed by atoms with E-state index in [0.29, 0.717) is 11.6 Å². The molecule has 33 heavy (non-hydrogen) atoms. The van der Waals surface area contributed by atoms with Crippen molar-refractivity contribution in [3.05, 3.63) is 94.8 Å². The third-order valence-electron chi connectivity index (χ3n) is 5.29. The number of amides is 2. The van der Waals surface area contributed by atoms with Crippen molar-refractivity contribution in [1.82, 2.24) is 4.98 Å². The first kappa shape index (κ1) is 22.2. The average molecular weight is 443 g/mol. The summed E-state index contributed by atoms with van der Waals surface area (Å²) in [4.78, 5) is 16.7. The Morgan fingerprint density at radius 1 is 1.06 bits per heavy atom. The van der Waals surface area contributed by atoms with Gasteiger partial charge < -0.3 is 10.6 Å². The third kappa shape index (κ3) is 5.64. The second kappa shape index (κ2) is 9.25. The number of alkyl halides is 2. The monoisotopic (exact) mass is 443 g/mol. The molecule has 0 spiro atoms. The van der Waals surface area contributed by atoms with E-state index in [2.05, 4.69) is 46.5 Å². The highest BCUT2D eigenvalue weighted by molar-refractivity contribution is 5.99. The number of nitrogens with zero attached hydrogens (tertiary/aromatic N) is 1. The molecule has 166 valence electrons. The van der Waals surface area contributed by atoms with Gasteiger partial charge in [-0.15, -0.1) is 0 Å². The maximum atomic E-state index is 13.5. The van der Waals surface area contributed by atoms with Gasteiger partial charge in [-0.2, -0.15) is 0 Å². The molecule has 1 unspecified atom stereocenters. The van der Waals surface area contributed by atoms with Crippen molar-refractivity contribution in [2.75, 3.05) is 10.6 Å². The number of benzene rings is 2. The molecular weight excluding hydrogens is 420 g/mol. The Bertz CT molecular complexity index is 1280. The van der Waals surface area contributed by atoms with E-state index in [1.165, 1.54) is 23.8 Å². The number of hydrogen-bond donors (Lipinski definition) is 2. The highest BCUT2D eigenvalue weighted by atomic mass is 19.3. The fourth-order valence-corrected chi connectivity index (χ4v) is 3.63. The molecule has 1 aliphatic rings. The number of allylic oxidation sites excluding steroid dienone is 1. The van der Waals surface area contributed by atoms with Crippen LogP contribution in [-0.4, -0.2) is 11.0 Å². The summed E-state index contributed by atoms with van der Waals surface area (Å²) in [7, 11) is 0. The number of carbonyl (C=O) groups is 1. The van der Waals surface area contributed by atoms with Crippen molar-refractivity contribution in [2.45, 2.75) is 26.2 Å². The van der Waals surface area contributed by atoms with E-state index in [1.54, 1.807) is 30.5 Å². The van der Waals surface area contributed by atoms with Crippen LogP contribution in [0.15, 0.2) is 67.0 Å². The number of rotatable bonds is 3. The van der Waals surface area contributed by atoms with Crippen LogP contribution in [0.1, 0.15) is 41.7 Å². The Hall–Kier alpha value is -3.98. The summed E-state index contributed by atoms with van der Waals surface area (Å²) in [6.45, 7) is 2.99. The van der Waals surface area contributed by atoms with Gasteiger partial charge in [0.2, 0.25) is 0 Å². The molecule has 1 atom stereocenters. The second-order valence-electron chi connectivity index (χ2n) is 8.18. The van der Waals surface area contributed by atoms with Crippen LogP contribution in [0.4, 0.5) is 25.0 Å². The van der Waals surface area contributed by atoms with Crippen LogP contribution in [0.25, 0.3) is 6.08 Å². The van der Waals surface area contributed by atoms with Crippen LogP contribution in [0.5, 0.6) is 0 Å². The lowest BCUT2D eigenvalue weighted by molar-refractivity contribution is 0.0175. The maximum Gasteiger partial charge on any atom is 0.323 e. The van der Waals surface area contributed by atoms with E-state index in [-0.39, 0.29) is 11.3 Å². The summed E-state index contributed by atoms with van der Waals surface area (Å²) in [6, 6.07) is 12.2. The molecule has 0 radical (unpaired) electrons. The van der Waals surface area contributed by atoms with Gasteiger partial charge in [-0.3, -0.25) is 4.98 Å². The molecule has 1 aromatic heterocycles. The van der Waals surface area contributed by atoms with Gasteiger partial charge in [0.25, 0.3) is 5.92 Å². The summed E-state index contributed by atoms with van der Waals surface area (Å²) in [5.41, 5.74) is 4.53. The number of halogens is 2. The SMILES string of the molecule is CC1C=Cc2c(C#Cc3cccc(NC(=O)Nc4cccc(C(C)(F)F)c4)c3)cncc2C1. The van der Waals surface area contributed by atoms with Crippen LogP contribution in [0, 0.1) is 17.8 Å².